The Morgan fingerprint density at radius 2 is 2.17 bits per heavy atom. The number of pyridine rings is 1. The van der Waals surface area contributed by atoms with Crippen LogP contribution < -0.4 is 10.6 Å². The van der Waals surface area contributed by atoms with Gasteiger partial charge in [0.1, 0.15) is 6.73 Å². The van der Waals surface area contributed by atoms with E-state index in [0.29, 0.717) is 16.9 Å². The Morgan fingerprint density at radius 1 is 1.26 bits per heavy atom. The van der Waals surface area contributed by atoms with Gasteiger partial charge in [-0.05, 0) is 42.5 Å². The molecule has 0 saturated heterocycles. The quantitative estimate of drug-likeness (QED) is 0.556. The summed E-state index contributed by atoms with van der Waals surface area (Å²) in [4.78, 5) is 4.27. The van der Waals surface area contributed by atoms with Gasteiger partial charge in [0.15, 0.2) is 23.1 Å². The van der Waals surface area contributed by atoms with Gasteiger partial charge in [-0.15, -0.1) is 0 Å². The maximum atomic E-state index is 14.4. The fourth-order valence-corrected chi connectivity index (χ4v) is 3.09. The van der Waals surface area contributed by atoms with E-state index in [-0.39, 0.29) is 12.5 Å². The number of aromatic nitrogens is 3. The molecule has 2 aromatic heterocycles. The number of aryl methyl sites for hydroxylation is 1. The Hall–Kier alpha value is -2.67. The van der Waals surface area contributed by atoms with Crippen molar-refractivity contribution < 1.29 is 9.50 Å². The van der Waals surface area contributed by atoms with E-state index in [9.17, 15) is 4.39 Å². The number of nitrogens with one attached hydrogen (secondary N) is 3. The topological polar surface area (TPSA) is 85.9 Å². The molecule has 6 nitrogen and oxygen atoms in total. The number of fused-ring (bicyclic) bond motifs is 2. The van der Waals surface area contributed by atoms with Gasteiger partial charge in [0.05, 0.1) is 5.39 Å². The molecular weight excluding hydrogens is 297 g/mol. The predicted octanol–water partition coefficient (Wildman–Crippen LogP) is 2.69. The van der Waals surface area contributed by atoms with Crippen LogP contribution in [0.25, 0.3) is 11.0 Å². The molecule has 1 aliphatic carbocycles. The number of rotatable bonds is 4. The van der Waals surface area contributed by atoms with Crippen LogP contribution in [-0.4, -0.2) is 27.0 Å². The molecule has 0 saturated carbocycles. The minimum absolute atomic E-state index is 0.164. The number of H-pyrrole nitrogens is 1. The van der Waals surface area contributed by atoms with Crippen LogP contribution in [0.5, 0.6) is 0 Å². The molecule has 0 amide bonds. The summed E-state index contributed by atoms with van der Waals surface area (Å²) in [6.07, 6.45) is 3.19. The maximum absolute atomic E-state index is 14.4. The molecule has 0 radical (unpaired) electrons. The number of anilines is 3. The Labute approximate surface area is 131 Å². The van der Waals surface area contributed by atoms with Crippen LogP contribution in [0, 0.1) is 5.82 Å². The first kappa shape index (κ1) is 14.0. The molecule has 4 N–H and O–H groups in total. The van der Waals surface area contributed by atoms with Gasteiger partial charge in [-0.1, -0.05) is 12.1 Å². The largest absolute Gasteiger partial charge is 0.377 e. The number of benzene rings is 1. The van der Waals surface area contributed by atoms with Crippen molar-refractivity contribution in [2.75, 3.05) is 17.4 Å². The van der Waals surface area contributed by atoms with E-state index in [4.69, 9.17) is 5.11 Å². The Morgan fingerprint density at radius 3 is 3.04 bits per heavy atom. The number of aromatic amines is 1. The molecule has 2 heterocycles. The lowest BCUT2D eigenvalue weighted by Gasteiger charge is -2.11. The van der Waals surface area contributed by atoms with Crippen molar-refractivity contribution in [2.45, 2.75) is 19.3 Å². The summed E-state index contributed by atoms with van der Waals surface area (Å²) < 4.78 is 14.4. The molecule has 0 fully saturated rings. The lowest BCUT2D eigenvalue weighted by Crippen LogP contribution is -2.02. The van der Waals surface area contributed by atoms with Crippen molar-refractivity contribution in [3.8, 4) is 0 Å². The van der Waals surface area contributed by atoms with Crippen LogP contribution >= 0.6 is 0 Å². The van der Waals surface area contributed by atoms with Crippen LogP contribution in [0.2, 0.25) is 0 Å². The highest BCUT2D eigenvalue weighted by Crippen LogP contribution is 2.32. The summed E-state index contributed by atoms with van der Waals surface area (Å²) >= 11 is 0. The van der Waals surface area contributed by atoms with Crippen molar-refractivity contribution in [1.29, 1.82) is 0 Å². The fourth-order valence-electron chi connectivity index (χ4n) is 3.09. The van der Waals surface area contributed by atoms with Crippen molar-refractivity contribution in [3.05, 3.63) is 41.2 Å². The summed E-state index contributed by atoms with van der Waals surface area (Å²) in [5.74, 6) is 0.0774. The molecule has 3 aromatic rings. The summed E-state index contributed by atoms with van der Waals surface area (Å²) in [6, 6.07) is 7.39. The molecule has 0 unspecified atom stereocenters. The van der Waals surface area contributed by atoms with Crippen molar-refractivity contribution in [1.82, 2.24) is 15.2 Å². The van der Waals surface area contributed by atoms with Gasteiger partial charge < -0.3 is 15.7 Å². The first-order valence-corrected chi connectivity index (χ1v) is 7.53. The first-order chi connectivity index (χ1) is 11.3. The number of halogens is 1. The van der Waals surface area contributed by atoms with Crippen LogP contribution in [0.3, 0.4) is 0 Å². The average molecular weight is 313 g/mol. The molecule has 0 atom stereocenters. The molecule has 23 heavy (non-hydrogen) atoms. The van der Waals surface area contributed by atoms with Gasteiger partial charge >= 0.3 is 0 Å². The first-order valence-electron chi connectivity index (χ1n) is 7.53. The summed E-state index contributed by atoms with van der Waals surface area (Å²) in [5, 5.41) is 21.9. The van der Waals surface area contributed by atoms with E-state index in [1.54, 1.807) is 0 Å². The van der Waals surface area contributed by atoms with Crippen LogP contribution in [0.4, 0.5) is 21.7 Å². The zero-order chi connectivity index (χ0) is 15.8. The summed E-state index contributed by atoms with van der Waals surface area (Å²) in [6.45, 7) is -0.280. The van der Waals surface area contributed by atoms with Gasteiger partial charge in [-0.2, -0.15) is 5.10 Å². The molecule has 4 rings (SSSR count). The lowest BCUT2D eigenvalue weighted by molar-refractivity contribution is 0.325. The van der Waals surface area contributed by atoms with E-state index in [2.05, 4.69) is 31.9 Å². The molecule has 1 aliphatic rings. The lowest BCUT2D eigenvalue weighted by atomic mass is 10.1. The molecular formula is C16H16FN5O. The van der Waals surface area contributed by atoms with Gasteiger partial charge in [0.2, 0.25) is 0 Å². The number of aliphatic hydroxyl groups excluding tert-OH is 1. The van der Waals surface area contributed by atoms with E-state index in [1.165, 1.54) is 17.2 Å². The number of hydrogen-bond acceptors (Lipinski definition) is 5. The minimum Gasteiger partial charge on any atom is -0.377 e. The zero-order valence-electron chi connectivity index (χ0n) is 12.4. The van der Waals surface area contributed by atoms with Crippen LogP contribution in [0.1, 0.15) is 17.5 Å². The molecule has 7 heteroatoms. The normalized spacial score (nSPS) is 13.3. The number of aliphatic hydroxyl groups is 1. The zero-order valence-corrected chi connectivity index (χ0v) is 12.4. The molecule has 118 valence electrons. The minimum atomic E-state index is -0.463. The van der Waals surface area contributed by atoms with Crippen LogP contribution in [0.15, 0.2) is 24.3 Å². The van der Waals surface area contributed by atoms with E-state index in [1.807, 2.05) is 12.1 Å². The van der Waals surface area contributed by atoms with Gasteiger partial charge in [-0.25, -0.2) is 9.37 Å². The number of nitrogens with zero attached hydrogens (tertiary/aromatic N) is 2. The van der Waals surface area contributed by atoms with Gasteiger partial charge in [0.25, 0.3) is 0 Å². The Bertz CT molecular complexity index is 876. The SMILES string of the molecule is OCNc1n[nH]c2nc(Nc3cccc4c3CCC4)c(F)cc12. The standard InChI is InChI=1S/C16H16FN5O/c17-12-7-11-14(18-8-23)21-22-15(11)20-16(12)19-13-6-2-4-9-3-1-5-10(9)13/h2,4,6-7,23H,1,3,5,8H2,(H3,18,19,20,21,22). The van der Waals surface area contributed by atoms with Crippen molar-refractivity contribution in [2.24, 2.45) is 0 Å². The second-order valence-electron chi connectivity index (χ2n) is 5.54. The maximum Gasteiger partial charge on any atom is 0.169 e. The van der Waals surface area contributed by atoms with Crippen LogP contribution in [-0.2, 0) is 12.8 Å². The second-order valence-corrected chi connectivity index (χ2v) is 5.54. The van der Waals surface area contributed by atoms with E-state index in [0.717, 1.165) is 24.9 Å². The average Bonchev–Trinajstić information content (AvgIpc) is 3.16. The van der Waals surface area contributed by atoms with Gasteiger partial charge in [-0.3, -0.25) is 5.10 Å². The van der Waals surface area contributed by atoms with Crippen molar-refractivity contribution in [3.63, 3.8) is 0 Å². The molecule has 1 aromatic carbocycles. The highest BCUT2D eigenvalue weighted by Gasteiger charge is 2.17. The third kappa shape index (κ3) is 2.39. The smallest absolute Gasteiger partial charge is 0.169 e. The Kier molecular flexibility index (Phi) is 3.34. The highest BCUT2D eigenvalue weighted by atomic mass is 19.1. The summed E-state index contributed by atoms with van der Waals surface area (Å²) in [5.41, 5.74) is 3.91. The molecule has 0 aliphatic heterocycles. The highest BCUT2D eigenvalue weighted by molar-refractivity contribution is 5.88. The van der Waals surface area contributed by atoms with E-state index >= 15 is 0 Å². The third-order valence-corrected chi connectivity index (χ3v) is 4.15. The Balaban J connectivity index is 1.72. The molecule has 0 bridgehead atoms. The fraction of sp³-hybridized carbons (Fsp3) is 0.250. The van der Waals surface area contributed by atoms with Crippen molar-refractivity contribution >= 4 is 28.4 Å². The third-order valence-electron chi connectivity index (χ3n) is 4.15. The predicted molar refractivity (Wildman–Crippen MR) is 86.3 cm³/mol. The monoisotopic (exact) mass is 313 g/mol. The van der Waals surface area contributed by atoms with Gasteiger partial charge in [0, 0.05) is 5.69 Å². The molecule has 0 spiro atoms. The summed E-state index contributed by atoms with van der Waals surface area (Å²) in [7, 11) is 0. The number of hydrogen-bond donors (Lipinski definition) is 4. The van der Waals surface area contributed by atoms with E-state index < -0.39 is 5.82 Å². The second kappa shape index (κ2) is 5.51.